The van der Waals surface area contributed by atoms with Crippen molar-refractivity contribution >= 4 is 34.6 Å². The van der Waals surface area contributed by atoms with Crippen LogP contribution in [0.2, 0.25) is 0 Å². The summed E-state index contributed by atoms with van der Waals surface area (Å²) in [6.07, 6.45) is 0. The van der Waals surface area contributed by atoms with Gasteiger partial charge in [-0.15, -0.1) is 0 Å². The van der Waals surface area contributed by atoms with E-state index in [1.54, 1.807) is 0 Å². The van der Waals surface area contributed by atoms with Crippen molar-refractivity contribution in [3.8, 4) is 5.69 Å². The van der Waals surface area contributed by atoms with Gasteiger partial charge in [0.2, 0.25) is 0 Å². The summed E-state index contributed by atoms with van der Waals surface area (Å²) in [6.45, 7) is 7.34. The van der Waals surface area contributed by atoms with Crippen LogP contribution in [0.15, 0.2) is 113 Å². The largest absolute Gasteiger partial charge is 0.368 e. The quantitative estimate of drug-likeness (QED) is 0.227. The Balaban J connectivity index is 1.27. The van der Waals surface area contributed by atoms with Crippen molar-refractivity contribution in [2.24, 2.45) is 9.98 Å². The molecular weight excluding hydrogens is 549 g/mol. The summed E-state index contributed by atoms with van der Waals surface area (Å²) in [6, 6.07) is 34.0. The molecule has 0 aliphatic carbocycles. The summed E-state index contributed by atoms with van der Waals surface area (Å²) < 4.78 is 15.6. The molecule has 0 saturated carbocycles. The predicted molar refractivity (Wildman–Crippen MR) is 175 cm³/mol. The van der Waals surface area contributed by atoms with Crippen LogP contribution in [0.5, 0.6) is 0 Å². The topological polar surface area (TPSA) is 52.3 Å². The molecule has 218 valence electrons. The average molecular weight is 582 g/mol. The van der Waals surface area contributed by atoms with Gasteiger partial charge >= 0.3 is 0 Å². The van der Waals surface area contributed by atoms with Crippen molar-refractivity contribution in [1.82, 2.24) is 14.7 Å². The Morgan fingerprint density at radius 3 is 2.09 bits per heavy atom. The summed E-state index contributed by atoms with van der Waals surface area (Å²) in [7, 11) is 0. The summed E-state index contributed by atoms with van der Waals surface area (Å²) in [5, 5.41) is 5.05. The number of para-hydroxylation sites is 3. The van der Waals surface area contributed by atoms with Crippen molar-refractivity contribution in [2.75, 3.05) is 36.0 Å². The molecule has 1 fully saturated rings. The van der Waals surface area contributed by atoms with Gasteiger partial charge in [-0.1, -0.05) is 60.2 Å². The van der Waals surface area contributed by atoms with E-state index >= 15 is 0 Å². The van der Waals surface area contributed by atoms with Gasteiger partial charge in [0.1, 0.15) is 5.82 Å². The van der Waals surface area contributed by atoms with Crippen LogP contribution in [0, 0.1) is 19.7 Å². The number of hydrogen-bond donors (Lipinski definition) is 0. The number of aliphatic imine (C=N–C) groups is 2. The molecule has 0 spiro atoms. The van der Waals surface area contributed by atoms with Gasteiger partial charge in [-0.3, -0.25) is 0 Å². The number of aromatic nitrogens is 2. The molecule has 1 aromatic heterocycles. The average Bonchev–Trinajstić information content (AvgIpc) is 3.40. The molecule has 5 aromatic rings. The van der Waals surface area contributed by atoms with Crippen molar-refractivity contribution in [3.63, 3.8) is 0 Å². The van der Waals surface area contributed by atoms with E-state index in [4.69, 9.17) is 15.1 Å². The van der Waals surface area contributed by atoms with Crippen molar-refractivity contribution < 1.29 is 4.39 Å². The smallest absolute Gasteiger partial charge is 0.179 e. The molecule has 0 bridgehead atoms. The Kier molecular flexibility index (Phi) is 6.29. The van der Waals surface area contributed by atoms with Crippen LogP contribution in [-0.2, 0) is 0 Å². The maximum absolute atomic E-state index is 13.6. The van der Waals surface area contributed by atoms with Crippen LogP contribution in [0.25, 0.3) is 5.69 Å². The summed E-state index contributed by atoms with van der Waals surface area (Å²) in [5.41, 5.74) is 8.40. The van der Waals surface area contributed by atoms with E-state index in [9.17, 15) is 4.39 Å². The van der Waals surface area contributed by atoms with Gasteiger partial charge in [0.05, 0.1) is 28.8 Å². The first-order chi connectivity index (χ1) is 21.5. The molecule has 0 radical (unpaired) electrons. The highest BCUT2D eigenvalue weighted by molar-refractivity contribution is 6.48. The lowest BCUT2D eigenvalue weighted by Gasteiger charge is -2.44. The molecule has 8 heteroatoms. The fraction of sp³-hybridized carbons (Fsp3) is 0.194. The molecule has 1 unspecified atom stereocenters. The summed E-state index contributed by atoms with van der Waals surface area (Å²) in [4.78, 5) is 17.7. The first kappa shape index (κ1) is 26.4. The zero-order valence-corrected chi connectivity index (χ0v) is 24.7. The Labute approximate surface area is 256 Å². The van der Waals surface area contributed by atoms with Gasteiger partial charge in [-0.05, 0) is 67.9 Å². The third kappa shape index (κ3) is 4.37. The van der Waals surface area contributed by atoms with E-state index in [1.165, 1.54) is 23.3 Å². The second-order valence-corrected chi connectivity index (χ2v) is 11.6. The molecule has 0 N–H and O–H groups in total. The Bertz CT molecular complexity index is 1900. The van der Waals surface area contributed by atoms with Crippen LogP contribution < -0.4 is 9.80 Å². The molecular formula is C36H32FN7. The van der Waals surface area contributed by atoms with Crippen molar-refractivity contribution in [1.29, 1.82) is 0 Å². The van der Waals surface area contributed by atoms with Gasteiger partial charge in [0.25, 0.3) is 0 Å². The number of anilines is 2. The highest BCUT2D eigenvalue weighted by atomic mass is 19.1. The standard InChI is InChI=1S/C36H32FN7/c1-24-12-14-26(15-13-24)33-32-25(2)40-44(29-8-4-3-5-9-29)34(32)39-36-35(38-30-10-6-7-11-31(30)43(33)36)42-22-20-41(21-23-42)28-18-16-27(37)17-19-28/h3-19,33H,20-23H2,1-2H3. The molecule has 7 nitrogen and oxygen atoms in total. The monoisotopic (exact) mass is 581 g/mol. The number of fused-ring (bicyclic) bond motifs is 4. The number of aryl methyl sites for hydroxylation is 2. The van der Waals surface area contributed by atoms with Crippen molar-refractivity contribution in [3.05, 3.63) is 131 Å². The Morgan fingerprint density at radius 1 is 0.659 bits per heavy atom. The molecule has 3 aliphatic rings. The van der Waals surface area contributed by atoms with Gasteiger partial charge < -0.3 is 14.7 Å². The minimum Gasteiger partial charge on any atom is -0.368 e. The lowest BCUT2D eigenvalue weighted by atomic mass is 9.92. The number of hydrogen-bond acceptors (Lipinski definition) is 6. The van der Waals surface area contributed by atoms with Gasteiger partial charge in [-0.2, -0.15) is 5.10 Å². The SMILES string of the molecule is Cc1ccc(C2c3c(C)nn(-c4ccccc4)c3N=C3C(N4CCN(c5ccc(F)cc5)CC4)=Nc4ccccc4N32)cc1. The molecule has 4 aromatic carbocycles. The highest BCUT2D eigenvalue weighted by Gasteiger charge is 2.42. The third-order valence-electron chi connectivity index (χ3n) is 8.79. The molecule has 1 atom stereocenters. The zero-order valence-electron chi connectivity index (χ0n) is 24.7. The van der Waals surface area contributed by atoms with E-state index in [0.29, 0.717) is 0 Å². The zero-order chi connectivity index (χ0) is 29.8. The van der Waals surface area contributed by atoms with Crippen LogP contribution in [0.3, 0.4) is 0 Å². The number of benzene rings is 4. The van der Waals surface area contributed by atoms with E-state index in [2.05, 4.69) is 83.1 Å². The lowest BCUT2D eigenvalue weighted by molar-refractivity contribution is 0.389. The van der Waals surface area contributed by atoms with Gasteiger partial charge in [-0.25, -0.2) is 19.1 Å². The fourth-order valence-corrected chi connectivity index (χ4v) is 6.55. The van der Waals surface area contributed by atoms with Crippen LogP contribution in [-0.4, -0.2) is 52.5 Å². The normalized spacial score (nSPS) is 17.4. The molecule has 3 aliphatic heterocycles. The number of halogens is 1. The van der Waals surface area contributed by atoms with Crippen LogP contribution in [0.1, 0.15) is 28.4 Å². The first-order valence-electron chi connectivity index (χ1n) is 15.1. The fourth-order valence-electron chi connectivity index (χ4n) is 6.55. The van der Waals surface area contributed by atoms with E-state index < -0.39 is 0 Å². The number of amidine groups is 2. The number of piperazine rings is 1. The highest BCUT2D eigenvalue weighted by Crippen LogP contribution is 2.48. The molecule has 4 heterocycles. The first-order valence-corrected chi connectivity index (χ1v) is 15.1. The minimum absolute atomic E-state index is 0.136. The van der Waals surface area contributed by atoms with E-state index in [-0.39, 0.29) is 11.9 Å². The second-order valence-electron chi connectivity index (χ2n) is 11.6. The number of nitrogens with zero attached hydrogens (tertiary/aromatic N) is 7. The lowest BCUT2D eigenvalue weighted by Crippen LogP contribution is -2.55. The maximum atomic E-state index is 13.6. The molecule has 8 rings (SSSR count). The third-order valence-corrected chi connectivity index (χ3v) is 8.79. The van der Waals surface area contributed by atoms with Gasteiger partial charge in [0.15, 0.2) is 17.5 Å². The van der Waals surface area contributed by atoms with E-state index in [1.807, 2.05) is 41.1 Å². The minimum atomic E-state index is -0.217. The molecule has 1 saturated heterocycles. The van der Waals surface area contributed by atoms with E-state index in [0.717, 1.165) is 77.7 Å². The molecule has 44 heavy (non-hydrogen) atoms. The van der Waals surface area contributed by atoms with Gasteiger partial charge in [0, 0.05) is 37.4 Å². The summed E-state index contributed by atoms with van der Waals surface area (Å²) in [5.74, 6) is 2.31. The van der Waals surface area contributed by atoms with Crippen molar-refractivity contribution in [2.45, 2.75) is 19.9 Å². The number of rotatable bonds is 3. The summed E-state index contributed by atoms with van der Waals surface area (Å²) >= 11 is 0. The maximum Gasteiger partial charge on any atom is 0.179 e. The van der Waals surface area contributed by atoms with Crippen LogP contribution >= 0.6 is 0 Å². The predicted octanol–water partition coefficient (Wildman–Crippen LogP) is 7.13. The van der Waals surface area contributed by atoms with Crippen LogP contribution in [0.4, 0.5) is 27.3 Å². The Hall–Kier alpha value is -5.24. The second kappa shape index (κ2) is 10.5. The Morgan fingerprint density at radius 2 is 1.34 bits per heavy atom. The molecule has 0 amide bonds.